The van der Waals surface area contributed by atoms with Crippen LogP contribution in [0.1, 0.15) is 26.2 Å². The van der Waals surface area contributed by atoms with Gasteiger partial charge in [0.25, 0.3) is 0 Å². The quantitative estimate of drug-likeness (QED) is 0.438. The van der Waals surface area contributed by atoms with Crippen LogP contribution in [0.3, 0.4) is 0 Å². The van der Waals surface area contributed by atoms with E-state index < -0.39 is 10.0 Å². The molecule has 0 radical (unpaired) electrons. The number of anilines is 2. The van der Waals surface area contributed by atoms with Gasteiger partial charge in [-0.3, -0.25) is 9.10 Å². The molecule has 0 fully saturated rings. The number of nitrogens with zero attached hydrogens (tertiary/aromatic N) is 3. The van der Waals surface area contributed by atoms with E-state index in [-0.39, 0.29) is 18.9 Å². The molecule has 2 aromatic rings. The number of aromatic nitrogens is 2. The topological polar surface area (TPSA) is 92.3 Å². The van der Waals surface area contributed by atoms with Gasteiger partial charge in [0, 0.05) is 23.7 Å². The van der Waals surface area contributed by atoms with Crippen LogP contribution in [-0.2, 0) is 14.8 Å². The SMILES string of the molecule is CCCSc1nnc(NC(=O)CCCN(c2ccc(Cl)cc2)S(C)(=O)=O)s1. The highest BCUT2D eigenvalue weighted by molar-refractivity contribution is 8.01. The molecule has 27 heavy (non-hydrogen) atoms. The van der Waals surface area contributed by atoms with Crippen LogP contribution >= 0.6 is 34.7 Å². The van der Waals surface area contributed by atoms with Gasteiger partial charge in [-0.15, -0.1) is 10.2 Å². The number of benzene rings is 1. The summed E-state index contributed by atoms with van der Waals surface area (Å²) in [6.07, 6.45) is 2.73. The van der Waals surface area contributed by atoms with Crippen molar-refractivity contribution in [2.75, 3.05) is 28.2 Å². The number of amides is 1. The molecule has 0 atom stereocenters. The fraction of sp³-hybridized carbons (Fsp3) is 0.438. The van der Waals surface area contributed by atoms with Crippen molar-refractivity contribution in [1.82, 2.24) is 10.2 Å². The Morgan fingerprint density at radius 2 is 2.00 bits per heavy atom. The van der Waals surface area contributed by atoms with Crippen LogP contribution in [0, 0.1) is 0 Å². The highest BCUT2D eigenvalue weighted by atomic mass is 35.5. The van der Waals surface area contributed by atoms with E-state index in [0.717, 1.165) is 22.8 Å². The van der Waals surface area contributed by atoms with Crippen LogP contribution < -0.4 is 9.62 Å². The average molecular weight is 449 g/mol. The number of carbonyl (C=O) groups is 1. The molecule has 0 aliphatic rings. The Morgan fingerprint density at radius 1 is 1.30 bits per heavy atom. The first-order chi connectivity index (χ1) is 12.8. The number of thioether (sulfide) groups is 1. The number of nitrogens with one attached hydrogen (secondary N) is 1. The van der Waals surface area contributed by atoms with Gasteiger partial charge in [-0.2, -0.15) is 0 Å². The number of halogens is 1. The van der Waals surface area contributed by atoms with Gasteiger partial charge in [-0.1, -0.05) is 41.6 Å². The van der Waals surface area contributed by atoms with Crippen molar-refractivity contribution >= 4 is 61.4 Å². The van der Waals surface area contributed by atoms with E-state index in [4.69, 9.17) is 11.6 Å². The Hall–Kier alpha value is -1.36. The van der Waals surface area contributed by atoms with Gasteiger partial charge < -0.3 is 5.32 Å². The standard InChI is InChI=1S/C16H21ClN4O3S3/c1-3-11-25-16-20-19-15(26-16)18-14(22)5-4-10-21(27(2,23)24)13-8-6-12(17)7-9-13/h6-9H,3-5,10-11H2,1-2H3,(H,18,19,22). The van der Waals surface area contributed by atoms with Gasteiger partial charge in [-0.05, 0) is 37.1 Å². The summed E-state index contributed by atoms with van der Waals surface area (Å²) in [4.78, 5) is 12.1. The van der Waals surface area contributed by atoms with Gasteiger partial charge in [0.15, 0.2) is 4.34 Å². The van der Waals surface area contributed by atoms with E-state index in [1.165, 1.54) is 15.6 Å². The fourth-order valence-electron chi connectivity index (χ4n) is 2.17. The van der Waals surface area contributed by atoms with Gasteiger partial charge in [-0.25, -0.2) is 8.42 Å². The normalized spacial score (nSPS) is 11.4. The lowest BCUT2D eigenvalue weighted by Gasteiger charge is -2.22. The third-order valence-corrected chi connectivity index (χ3v) is 6.99. The maximum absolute atomic E-state index is 12.1. The molecule has 0 saturated carbocycles. The van der Waals surface area contributed by atoms with E-state index in [0.29, 0.717) is 22.3 Å². The summed E-state index contributed by atoms with van der Waals surface area (Å²) < 4.78 is 26.2. The maximum Gasteiger partial charge on any atom is 0.232 e. The number of hydrogen-bond donors (Lipinski definition) is 1. The highest BCUT2D eigenvalue weighted by Gasteiger charge is 2.18. The lowest BCUT2D eigenvalue weighted by molar-refractivity contribution is -0.116. The van der Waals surface area contributed by atoms with Crippen LogP contribution in [0.5, 0.6) is 0 Å². The molecule has 0 unspecified atom stereocenters. The molecule has 1 amide bonds. The summed E-state index contributed by atoms with van der Waals surface area (Å²) in [6.45, 7) is 2.28. The number of rotatable bonds is 10. The molecule has 0 bridgehead atoms. The lowest BCUT2D eigenvalue weighted by Crippen LogP contribution is -2.31. The van der Waals surface area contributed by atoms with Crippen molar-refractivity contribution in [2.24, 2.45) is 0 Å². The highest BCUT2D eigenvalue weighted by Crippen LogP contribution is 2.26. The fourth-order valence-corrected chi connectivity index (χ4v) is 4.95. The van der Waals surface area contributed by atoms with Crippen LogP contribution in [-0.4, -0.2) is 43.1 Å². The van der Waals surface area contributed by atoms with Crippen LogP contribution in [0.15, 0.2) is 28.6 Å². The molecule has 1 aromatic heterocycles. The molecule has 0 aliphatic carbocycles. The summed E-state index contributed by atoms with van der Waals surface area (Å²) in [5.41, 5.74) is 0.518. The zero-order valence-corrected chi connectivity index (χ0v) is 18.2. The van der Waals surface area contributed by atoms with E-state index in [1.807, 2.05) is 0 Å². The molecule has 2 rings (SSSR count). The molecular weight excluding hydrogens is 428 g/mol. The summed E-state index contributed by atoms with van der Waals surface area (Å²) in [7, 11) is -3.46. The molecule has 1 N–H and O–H groups in total. The summed E-state index contributed by atoms with van der Waals surface area (Å²) in [6, 6.07) is 6.54. The smallest absolute Gasteiger partial charge is 0.232 e. The Kier molecular flexibility index (Phi) is 8.33. The van der Waals surface area contributed by atoms with Crippen molar-refractivity contribution in [2.45, 2.75) is 30.5 Å². The zero-order valence-electron chi connectivity index (χ0n) is 15.0. The average Bonchev–Trinajstić information content (AvgIpc) is 3.04. The minimum atomic E-state index is -3.46. The molecule has 0 saturated heterocycles. The Bertz CT molecular complexity index is 856. The minimum absolute atomic E-state index is 0.177. The largest absolute Gasteiger partial charge is 0.301 e. The second-order valence-corrected chi connectivity index (χ2v) is 10.3. The van der Waals surface area contributed by atoms with Crippen LogP contribution in [0.4, 0.5) is 10.8 Å². The number of hydrogen-bond acceptors (Lipinski definition) is 7. The third kappa shape index (κ3) is 7.28. The van der Waals surface area contributed by atoms with E-state index in [9.17, 15) is 13.2 Å². The first kappa shape index (κ1) is 21.9. The molecule has 1 heterocycles. The summed E-state index contributed by atoms with van der Waals surface area (Å²) in [5, 5.41) is 11.6. The first-order valence-electron chi connectivity index (χ1n) is 8.29. The first-order valence-corrected chi connectivity index (χ1v) is 12.3. The van der Waals surface area contributed by atoms with Crippen molar-refractivity contribution < 1.29 is 13.2 Å². The van der Waals surface area contributed by atoms with Gasteiger partial charge in [0.05, 0.1) is 11.9 Å². The maximum atomic E-state index is 12.1. The molecular formula is C16H21ClN4O3S3. The van der Waals surface area contributed by atoms with Crippen molar-refractivity contribution in [3.05, 3.63) is 29.3 Å². The van der Waals surface area contributed by atoms with Gasteiger partial charge >= 0.3 is 0 Å². The van der Waals surface area contributed by atoms with Gasteiger partial charge in [0.2, 0.25) is 21.1 Å². The molecule has 11 heteroatoms. The molecule has 148 valence electrons. The Balaban J connectivity index is 1.87. The predicted molar refractivity (Wildman–Crippen MR) is 112 cm³/mol. The van der Waals surface area contributed by atoms with Crippen LogP contribution in [0.2, 0.25) is 5.02 Å². The second kappa shape index (κ2) is 10.3. The summed E-state index contributed by atoms with van der Waals surface area (Å²) >= 11 is 8.79. The molecule has 0 spiro atoms. The predicted octanol–water partition coefficient (Wildman–Crippen LogP) is 3.88. The summed E-state index contributed by atoms with van der Waals surface area (Å²) in [5.74, 6) is 0.733. The van der Waals surface area contributed by atoms with E-state index >= 15 is 0 Å². The second-order valence-electron chi connectivity index (χ2n) is 5.68. The Labute approximate surface area is 172 Å². The lowest BCUT2D eigenvalue weighted by atomic mass is 10.2. The third-order valence-electron chi connectivity index (χ3n) is 3.36. The van der Waals surface area contributed by atoms with E-state index in [2.05, 4.69) is 22.4 Å². The Morgan fingerprint density at radius 3 is 2.63 bits per heavy atom. The number of carbonyl (C=O) groups excluding carboxylic acids is 1. The van der Waals surface area contributed by atoms with E-state index in [1.54, 1.807) is 36.0 Å². The molecule has 0 aliphatic heterocycles. The molecule has 7 nitrogen and oxygen atoms in total. The van der Waals surface area contributed by atoms with Crippen LogP contribution in [0.25, 0.3) is 0 Å². The van der Waals surface area contributed by atoms with Crippen molar-refractivity contribution in [1.29, 1.82) is 0 Å². The minimum Gasteiger partial charge on any atom is -0.301 e. The zero-order chi connectivity index (χ0) is 19.9. The molecule has 1 aromatic carbocycles. The monoisotopic (exact) mass is 448 g/mol. The van der Waals surface area contributed by atoms with Crippen molar-refractivity contribution in [3.63, 3.8) is 0 Å². The number of sulfonamides is 1. The van der Waals surface area contributed by atoms with Gasteiger partial charge in [0.1, 0.15) is 0 Å². The van der Waals surface area contributed by atoms with Crippen molar-refractivity contribution in [3.8, 4) is 0 Å².